The molecule has 9 heteroatoms. The van der Waals surface area contributed by atoms with Crippen LogP contribution in [0.15, 0.2) is 0 Å². The molecule has 0 heterocycles. The lowest BCUT2D eigenvalue weighted by Gasteiger charge is -2.27. The van der Waals surface area contributed by atoms with Crippen LogP contribution >= 0.6 is 0 Å². The second kappa shape index (κ2) is 6.30. The van der Waals surface area contributed by atoms with E-state index in [2.05, 4.69) is 0 Å². The zero-order valence-corrected chi connectivity index (χ0v) is 11.9. The van der Waals surface area contributed by atoms with Crippen LogP contribution in [0.5, 0.6) is 0 Å². The minimum absolute atomic E-state index is 0.0946. The van der Waals surface area contributed by atoms with Gasteiger partial charge < -0.3 is 5.11 Å². The molecule has 0 spiro atoms. The molecule has 0 aromatic rings. The fourth-order valence-electron chi connectivity index (χ4n) is 2.50. The van der Waals surface area contributed by atoms with Crippen molar-refractivity contribution in [1.82, 2.24) is 4.31 Å². The molecule has 1 saturated carbocycles. The average molecular weight is 317 g/mol. The minimum Gasteiger partial charge on any atom is -0.481 e. The Morgan fingerprint density at radius 1 is 1.35 bits per heavy atom. The van der Waals surface area contributed by atoms with E-state index in [-0.39, 0.29) is 25.8 Å². The second-order valence-electron chi connectivity index (χ2n) is 4.91. The second-order valence-corrected chi connectivity index (χ2v) is 7.06. The third-order valence-corrected chi connectivity index (χ3v) is 5.70. The van der Waals surface area contributed by atoms with Crippen LogP contribution < -0.4 is 0 Å². The summed E-state index contributed by atoms with van der Waals surface area (Å²) >= 11 is 0. The van der Waals surface area contributed by atoms with Crippen LogP contribution in [0.2, 0.25) is 0 Å². The number of hydrogen-bond donors (Lipinski definition) is 1. The van der Waals surface area contributed by atoms with Crippen molar-refractivity contribution in [2.24, 2.45) is 5.92 Å². The normalized spacial score (nSPS) is 24.2. The summed E-state index contributed by atoms with van der Waals surface area (Å²) in [5.41, 5.74) is 0. The van der Waals surface area contributed by atoms with Crippen LogP contribution in [0.1, 0.15) is 32.6 Å². The highest BCUT2D eigenvalue weighted by atomic mass is 32.2. The van der Waals surface area contributed by atoms with Crippen molar-refractivity contribution in [3.05, 3.63) is 0 Å². The molecule has 2 unspecified atom stereocenters. The molecule has 5 nitrogen and oxygen atoms in total. The van der Waals surface area contributed by atoms with Crippen LogP contribution in [0.3, 0.4) is 0 Å². The van der Waals surface area contributed by atoms with Gasteiger partial charge in [-0.3, -0.25) is 4.79 Å². The Hall–Kier alpha value is -0.830. The zero-order chi connectivity index (χ0) is 15.6. The predicted octanol–water partition coefficient (Wildman–Crippen LogP) is 1.84. The summed E-state index contributed by atoms with van der Waals surface area (Å²) < 4.78 is 62.4. The zero-order valence-electron chi connectivity index (χ0n) is 11.1. The Kier molecular flexibility index (Phi) is 5.42. The van der Waals surface area contributed by atoms with Gasteiger partial charge in [0.05, 0.1) is 11.2 Å². The van der Waals surface area contributed by atoms with E-state index in [1.807, 2.05) is 0 Å². The van der Waals surface area contributed by atoms with Crippen molar-refractivity contribution in [2.75, 3.05) is 13.1 Å². The molecule has 1 N–H and O–H groups in total. The maximum atomic E-state index is 12.5. The number of aliphatic carboxylic acids is 1. The van der Waals surface area contributed by atoms with Gasteiger partial charge in [-0.15, -0.1) is 0 Å². The number of halogens is 3. The van der Waals surface area contributed by atoms with Crippen LogP contribution in [-0.2, 0) is 14.8 Å². The predicted molar refractivity (Wildman–Crippen MR) is 65.6 cm³/mol. The maximum Gasteiger partial charge on any atom is 0.402 e. The highest BCUT2D eigenvalue weighted by Gasteiger charge is 2.46. The first-order valence-electron chi connectivity index (χ1n) is 6.38. The van der Waals surface area contributed by atoms with Crippen LogP contribution in [-0.4, -0.2) is 48.3 Å². The van der Waals surface area contributed by atoms with Gasteiger partial charge >= 0.3 is 12.1 Å². The number of sulfonamides is 1. The quantitative estimate of drug-likeness (QED) is 0.811. The number of carbonyl (C=O) groups is 1. The van der Waals surface area contributed by atoms with E-state index in [9.17, 15) is 26.4 Å². The van der Waals surface area contributed by atoms with Gasteiger partial charge in [-0.05, 0) is 19.3 Å². The molecule has 2 atom stereocenters. The molecule has 1 rings (SSSR count). The van der Waals surface area contributed by atoms with Crippen molar-refractivity contribution >= 4 is 16.0 Å². The highest BCUT2D eigenvalue weighted by Crippen LogP contribution is 2.34. The number of alkyl halides is 3. The standard InChI is InChI=1S/C11H18F3NO4S/c1-2-6-15(7-11(12,13)14)20(18,19)9-5-3-4-8(9)10(16)17/h8-9H,2-7H2,1H3,(H,16,17). The lowest BCUT2D eigenvalue weighted by Crippen LogP contribution is -2.46. The fourth-order valence-corrected chi connectivity index (χ4v) is 4.78. The Labute approximate surface area is 115 Å². The summed E-state index contributed by atoms with van der Waals surface area (Å²) in [5.74, 6) is -2.38. The lowest BCUT2D eigenvalue weighted by atomic mass is 10.1. The SMILES string of the molecule is CCCN(CC(F)(F)F)S(=O)(=O)C1CCCC1C(=O)O. The summed E-state index contributed by atoms with van der Waals surface area (Å²) in [6.45, 7) is -0.251. The molecule has 0 aromatic carbocycles. The molecule has 0 aromatic heterocycles. The van der Waals surface area contributed by atoms with E-state index < -0.39 is 39.9 Å². The molecule has 118 valence electrons. The highest BCUT2D eigenvalue weighted by molar-refractivity contribution is 7.89. The summed E-state index contributed by atoms with van der Waals surface area (Å²) in [7, 11) is -4.26. The first kappa shape index (κ1) is 17.2. The van der Waals surface area contributed by atoms with Gasteiger partial charge in [0.2, 0.25) is 10.0 Å². The van der Waals surface area contributed by atoms with Crippen molar-refractivity contribution in [1.29, 1.82) is 0 Å². The van der Waals surface area contributed by atoms with Crippen LogP contribution in [0.4, 0.5) is 13.2 Å². The van der Waals surface area contributed by atoms with E-state index in [0.717, 1.165) is 0 Å². The van der Waals surface area contributed by atoms with E-state index in [1.165, 1.54) is 0 Å². The molecule has 1 fully saturated rings. The Morgan fingerprint density at radius 3 is 2.40 bits per heavy atom. The molecule has 0 radical (unpaired) electrons. The van der Waals surface area contributed by atoms with Gasteiger partial charge in [-0.1, -0.05) is 13.3 Å². The third kappa shape index (κ3) is 4.08. The minimum atomic E-state index is -4.64. The number of carboxylic acid groups (broad SMARTS) is 1. The van der Waals surface area contributed by atoms with Crippen LogP contribution in [0.25, 0.3) is 0 Å². The van der Waals surface area contributed by atoms with E-state index in [1.54, 1.807) is 6.92 Å². The van der Waals surface area contributed by atoms with Crippen molar-refractivity contribution in [3.8, 4) is 0 Å². The fraction of sp³-hybridized carbons (Fsp3) is 0.909. The van der Waals surface area contributed by atoms with E-state index >= 15 is 0 Å². The summed E-state index contributed by atoms with van der Waals surface area (Å²) in [4.78, 5) is 11.0. The van der Waals surface area contributed by atoms with E-state index in [4.69, 9.17) is 5.11 Å². The Bertz CT molecular complexity index is 449. The van der Waals surface area contributed by atoms with Crippen LogP contribution in [0, 0.1) is 5.92 Å². The third-order valence-electron chi connectivity index (χ3n) is 3.34. The average Bonchev–Trinajstić information content (AvgIpc) is 2.76. The molecule has 0 aliphatic heterocycles. The summed E-state index contributed by atoms with van der Waals surface area (Å²) in [6, 6.07) is 0. The molecule has 1 aliphatic rings. The number of nitrogens with zero attached hydrogens (tertiary/aromatic N) is 1. The van der Waals surface area contributed by atoms with Gasteiger partial charge in [-0.25, -0.2) is 8.42 Å². The Balaban J connectivity index is 3.01. The number of hydrogen-bond acceptors (Lipinski definition) is 3. The topological polar surface area (TPSA) is 74.7 Å². The van der Waals surface area contributed by atoms with E-state index in [0.29, 0.717) is 10.7 Å². The first-order valence-corrected chi connectivity index (χ1v) is 7.88. The number of carboxylic acids is 1. The summed E-state index contributed by atoms with van der Waals surface area (Å²) in [6.07, 6.45) is -3.73. The van der Waals surface area contributed by atoms with Crippen molar-refractivity contribution in [3.63, 3.8) is 0 Å². The van der Waals surface area contributed by atoms with Crippen molar-refractivity contribution in [2.45, 2.75) is 44.0 Å². The first-order chi connectivity index (χ1) is 9.09. The molecule has 1 aliphatic carbocycles. The maximum absolute atomic E-state index is 12.5. The lowest BCUT2D eigenvalue weighted by molar-refractivity contribution is -0.141. The van der Waals surface area contributed by atoms with Gasteiger partial charge in [0.25, 0.3) is 0 Å². The number of rotatable bonds is 6. The van der Waals surface area contributed by atoms with Gasteiger partial charge in [-0.2, -0.15) is 17.5 Å². The molecule has 0 bridgehead atoms. The van der Waals surface area contributed by atoms with Crippen molar-refractivity contribution < 1.29 is 31.5 Å². The van der Waals surface area contributed by atoms with Gasteiger partial charge in [0.1, 0.15) is 6.54 Å². The monoisotopic (exact) mass is 317 g/mol. The smallest absolute Gasteiger partial charge is 0.402 e. The Morgan fingerprint density at radius 2 is 1.95 bits per heavy atom. The molecular formula is C11H18F3NO4S. The molecule has 0 saturated heterocycles. The molecule has 20 heavy (non-hydrogen) atoms. The van der Waals surface area contributed by atoms with Gasteiger partial charge in [0.15, 0.2) is 0 Å². The largest absolute Gasteiger partial charge is 0.481 e. The summed E-state index contributed by atoms with van der Waals surface area (Å²) in [5, 5.41) is 7.73. The van der Waals surface area contributed by atoms with Gasteiger partial charge in [0, 0.05) is 6.54 Å². The molecular weight excluding hydrogens is 299 g/mol. The molecule has 0 amide bonds.